The minimum atomic E-state index is -1.00. The highest BCUT2D eigenvalue weighted by Crippen LogP contribution is 2.28. The second-order valence-corrected chi connectivity index (χ2v) is 9.52. The summed E-state index contributed by atoms with van der Waals surface area (Å²) in [5.41, 5.74) is 3.35. The highest BCUT2D eigenvalue weighted by molar-refractivity contribution is 6.04. The van der Waals surface area contributed by atoms with Crippen LogP contribution in [0.25, 0.3) is 5.52 Å². The minimum Gasteiger partial charge on any atom is -0.426 e. The zero-order chi connectivity index (χ0) is 29.7. The molecule has 1 atom stereocenters. The van der Waals surface area contributed by atoms with E-state index in [0.29, 0.717) is 34.6 Å². The fraction of sp³-hybridized carbons (Fsp3) is 0.370. The number of anilines is 2. The molecule has 3 aromatic rings. The first-order valence-electron chi connectivity index (χ1n) is 13.0. The fourth-order valence-corrected chi connectivity index (χ4v) is 4.01. The van der Waals surface area contributed by atoms with Gasteiger partial charge in [-0.05, 0) is 63.8 Å². The number of hydrogen-bond donors (Lipinski definition) is 3. The van der Waals surface area contributed by atoms with Crippen LogP contribution in [0.1, 0.15) is 58.5 Å². The van der Waals surface area contributed by atoms with Crippen LogP contribution in [0, 0.1) is 13.8 Å². The molecular weight excluding hydrogens is 534 g/mol. The molecule has 4 amide bonds. The molecule has 0 spiro atoms. The second kappa shape index (κ2) is 12.4. The molecule has 0 aliphatic heterocycles. The van der Waals surface area contributed by atoms with Crippen molar-refractivity contribution in [2.24, 2.45) is 0 Å². The van der Waals surface area contributed by atoms with E-state index in [1.807, 2.05) is 13.8 Å². The summed E-state index contributed by atoms with van der Waals surface area (Å²) in [5.74, 6) is -1.17. The Labute approximate surface area is 235 Å². The highest BCUT2D eigenvalue weighted by Gasteiger charge is 2.27. The summed E-state index contributed by atoms with van der Waals surface area (Å²) in [6, 6.07) is 4.16. The van der Waals surface area contributed by atoms with E-state index in [4.69, 9.17) is 9.47 Å². The Morgan fingerprint density at radius 3 is 2.63 bits per heavy atom. The normalized spacial score (nSPS) is 13.2. The smallest absolute Gasteiger partial charge is 0.419 e. The van der Waals surface area contributed by atoms with E-state index in [1.165, 1.54) is 13.3 Å². The number of aromatic nitrogens is 3. The van der Waals surface area contributed by atoms with E-state index < -0.39 is 30.8 Å². The molecule has 1 aliphatic rings. The summed E-state index contributed by atoms with van der Waals surface area (Å²) in [5, 5.41) is 12.7. The molecule has 41 heavy (non-hydrogen) atoms. The number of imide groups is 1. The van der Waals surface area contributed by atoms with Crippen molar-refractivity contribution in [1.29, 1.82) is 0 Å². The molecule has 0 saturated heterocycles. The lowest BCUT2D eigenvalue weighted by atomic mass is 10.1. The Hall–Kier alpha value is -5.01. The maximum atomic E-state index is 13.2. The standard InChI is InChI=1S/C27H31N7O7/c1-5-33(27(39)41-14-40-26(38)17(4)29-13-35)25(37)18-7-6-15(2)21(10-18)32-23-22-16(3)20(11-34(22)30-12-28-23)24(36)31-19-8-9-19/h6-7,10-13,17,19H,5,8-9,14H2,1-4H3,(H,29,35)(H,31,36)(H,28,30,32). The van der Waals surface area contributed by atoms with E-state index in [9.17, 15) is 24.0 Å². The van der Waals surface area contributed by atoms with Gasteiger partial charge >= 0.3 is 12.1 Å². The summed E-state index contributed by atoms with van der Waals surface area (Å²) in [4.78, 5) is 65.9. The third kappa shape index (κ3) is 6.59. The monoisotopic (exact) mass is 565 g/mol. The van der Waals surface area contributed by atoms with Crippen LogP contribution < -0.4 is 16.0 Å². The number of fused-ring (bicyclic) bond motifs is 1. The number of amides is 4. The van der Waals surface area contributed by atoms with Crippen molar-refractivity contribution in [2.45, 2.75) is 52.6 Å². The fourth-order valence-electron chi connectivity index (χ4n) is 4.01. The van der Waals surface area contributed by atoms with Crippen LogP contribution in [0.15, 0.2) is 30.7 Å². The summed E-state index contributed by atoms with van der Waals surface area (Å²) in [7, 11) is 0. The molecule has 3 N–H and O–H groups in total. The van der Waals surface area contributed by atoms with Crippen molar-refractivity contribution >= 4 is 47.3 Å². The minimum absolute atomic E-state index is 0.00701. The molecule has 1 fully saturated rings. The maximum Gasteiger partial charge on any atom is 0.419 e. The molecule has 1 aromatic carbocycles. The van der Waals surface area contributed by atoms with E-state index in [1.54, 1.807) is 35.8 Å². The molecule has 1 unspecified atom stereocenters. The Balaban J connectivity index is 1.50. The zero-order valence-electron chi connectivity index (χ0n) is 23.1. The van der Waals surface area contributed by atoms with Crippen molar-refractivity contribution in [3.63, 3.8) is 0 Å². The third-order valence-electron chi connectivity index (χ3n) is 6.56. The summed E-state index contributed by atoms with van der Waals surface area (Å²) in [6.45, 7) is 5.92. The second-order valence-electron chi connectivity index (χ2n) is 9.52. The molecule has 4 rings (SSSR count). The number of rotatable bonds is 11. The molecule has 0 radical (unpaired) electrons. The van der Waals surface area contributed by atoms with Crippen LogP contribution in [0.4, 0.5) is 16.3 Å². The van der Waals surface area contributed by atoms with Crippen LogP contribution in [-0.4, -0.2) is 75.2 Å². The molecule has 1 saturated carbocycles. The summed E-state index contributed by atoms with van der Waals surface area (Å²) in [6.07, 6.45) is 4.30. The SMILES string of the molecule is CCN(C(=O)OCOC(=O)C(C)NC=O)C(=O)c1ccc(C)c(Nc2ncnn3cc(C(=O)NC4CC4)c(C)c23)c1. The van der Waals surface area contributed by atoms with Crippen molar-refractivity contribution in [2.75, 3.05) is 18.7 Å². The topological polar surface area (TPSA) is 173 Å². The number of ether oxygens (including phenoxy) is 2. The molecule has 1 aliphatic carbocycles. The quantitative estimate of drug-likeness (QED) is 0.178. The lowest BCUT2D eigenvalue weighted by Crippen LogP contribution is -2.39. The number of hydrogen-bond acceptors (Lipinski definition) is 10. The van der Waals surface area contributed by atoms with Crippen LogP contribution >= 0.6 is 0 Å². The van der Waals surface area contributed by atoms with Crippen LogP contribution in [0.2, 0.25) is 0 Å². The largest absolute Gasteiger partial charge is 0.426 e. The van der Waals surface area contributed by atoms with E-state index in [2.05, 4.69) is 26.0 Å². The van der Waals surface area contributed by atoms with Gasteiger partial charge in [0.25, 0.3) is 11.8 Å². The van der Waals surface area contributed by atoms with Gasteiger partial charge in [0.2, 0.25) is 13.2 Å². The molecular formula is C27H31N7O7. The van der Waals surface area contributed by atoms with E-state index in [-0.39, 0.29) is 24.1 Å². The van der Waals surface area contributed by atoms with Gasteiger partial charge in [-0.2, -0.15) is 5.10 Å². The number of nitrogens with one attached hydrogen (secondary N) is 3. The molecule has 14 nitrogen and oxygen atoms in total. The lowest BCUT2D eigenvalue weighted by molar-refractivity contribution is -0.154. The van der Waals surface area contributed by atoms with Gasteiger partial charge in [-0.15, -0.1) is 0 Å². The van der Waals surface area contributed by atoms with Gasteiger partial charge in [0.1, 0.15) is 17.9 Å². The average molecular weight is 566 g/mol. The third-order valence-corrected chi connectivity index (χ3v) is 6.56. The molecule has 2 aromatic heterocycles. The number of carbonyl (C=O) groups is 5. The first-order chi connectivity index (χ1) is 19.6. The highest BCUT2D eigenvalue weighted by atomic mass is 16.7. The van der Waals surface area contributed by atoms with Gasteiger partial charge in [-0.25, -0.2) is 24.0 Å². The van der Waals surface area contributed by atoms with Crippen molar-refractivity contribution in [3.8, 4) is 0 Å². The van der Waals surface area contributed by atoms with Gasteiger partial charge in [-0.3, -0.25) is 14.4 Å². The number of nitrogens with zero attached hydrogens (tertiary/aromatic N) is 4. The lowest BCUT2D eigenvalue weighted by Gasteiger charge is -2.20. The predicted molar refractivity (Wildman–Crippen MR) is 145 cm³/mol. The van der Waals surface area contributed by atoms with Gasteiger partial charge < -0.3 is 25.4 Å². The van der Waals surface area contributed by atoms with Crippen molar-refractivity contribution in [3.05, 3.63) is 53.0 Å². The maximum absolute atomic E-state index is 13.2. The zero-order valence-corrected chi connectivity index (χ0v) is 23.1. The predicted octanol–water partition coefficient (Wildman–Crippen LogP) is 2.22. The van der Waals surface area contributed by atoms with Gasteiger partial charge in [0.15, 0.2) is 5.82 Å². The first kappa shape index (κ1) is 29.0. The van der Waals surface area contributed by atoms with Crippen molar-refractivity contribution < 1.29 is 33.4 Å². The van der Waals surface area contributed by atoms with Crippen LogP contribution in [0.3, 0.4) is 0 Å². The summed E-state index contributed by atoms with van der Waals surface area (Å²) >= 11 is 0. The average Bonchev–Trinajstić information content (AvgIpc) is 3.70. The Kier molecular flexibility index (Phi) is 8.80. The molecule has 2 heterocycles. The van der Waals surface area contributed by atoms with E-state index in [0.717, 1.165) is 23.3 Å². The van der Waals surface area contributed by atoms with Crippen LogP contribution in [-0.2, 0) is 19.1 Å². The molecule has 14 heteroatoms. The summed E-state index contributed by atoms with van der Waals surface area (Å²) < 4.78 is 11.3. The first-order valence-corrected chi connectivity index (χ1v) is 13.0. The van der Waals surface area contributed by atoms with Crippen molar-refractivity contribution in [1.82, 2.24) is 30.1 Å². The Morgan fingerprint density at radius 1 is 1.20 bits per heavy atom. The number of carbonyl (C=O) groups excluding carboxylic acids is 5. The van der Waals surface area contributed by atoms with Gasteiger partial charge in [-0.1, -0.05) is 6.07 Å². The Morgan fingerprint density at radius 2 is 1.95 bits per heavy atom. The van der Waals surface area contributed by atoms with E-state index >= 15 is 0 Å². The molecule has 0 bridgehead atoms. The van der Waals surface area contributed by atoms with Gasteiger partial charge in [0.05, 0.1) is 5.56 Å². The van der Waals surface area contributed by atoms with Crippen LogP contribution in [0.5, 0.6) is 0 Å². The Bertz CT molecular complexity index is 1500. The number of aryl methyl sites for hydroxylation is 2. The number of benzene rings is 1. The van der Waals surface area contributed by atoms with Gasteiger partial charge in [0, 0.05) is 30.0 Å². The molecule has 216 valence electrons. The number of esters is 1.